The maximum absolute atomic E-state index is 12.9. The summed E-state index contributed by atoms with van der Waals surface area (Å²) in [6, 6.07) is 12.0. The van der Waals surface area contributed by atoms with Crippen LogP contribution in [0.2, 0.25) is 0 Å². The van der Waals surface area contributed by atoms with Crippen LogP contribution in [0.25, 0.3) is 0 Å². The SMILES string of the molecule is CN(C(=O)NC1C=CCCC1)S(=O)(=O)c1ccc(CCNC(=O)N2Cc3ccccc3C2=O)cc1. The zero-order valence-electron chi connectivity index (χ0n) is 19.4. The molecule has 2 aliphatic rings. The highest BCUT2D eigenvalue weighted by Gasteiger charge is 2.31. The second kappa shape index (κ2) is 10.3. The summed E-state index contributed by atoms with van der Waals surface area (Å²) in [6.45, 7) is 0.522. The van der Waals surface area contributed by atoms with Crippen molar-refractivity contribution in [3.05, 3.63) is 77.4 Å². The van der Waals surface area contributed by atoms with E-state index in [1.807, 2.05) is 24.3 Å². The van der Waals surface area contributed by atoms with E-state index < -0.39 is 22.1 Å². The fourth-order valence-corrected chi connectivity index (χ4v) is 5.17. The standard InChI is InChI=1S/C25H28N4O5S/c1-28(25(32)27-20-8-3-2-4-9-20)35(33,34)21-13-11-18(12-14-21)15-16-26-24(31)29-17-19-7-5-6-10-22(19)23(29)30/h3,5-8,10-14,20H,2,4,9,15-17H2,1H3,(H,26,31)(H,27,32). The van der Waals surface area contributed by atoms with Gasteiger partial charge in [0.25, 0.3) is 15.9 Å². The van der Waals surface area contributed by atoms with Crippen molar-refractivity contribution in [3.8, 4) is 0 Å². The summed E-state index contributed by atoms with van der Waals surface area (Å²) in [5, 5.41) is 5.47. The van der Waals surface area contributed by atoms with Crippen molar-refractivity contribution >= 4 is 28.0 Å². The Morgan fingerprint density at radius 3 is 2.54 bits per heavy atom. The van der Waals surface area contributed by atoms with Gasteiger partial charge in [-0.25, -0.2) is 22.3 Å². The number of imide groups is 1. The molecule has 4 rings (SSSR count). The summed E-state index contributed by atoms with van der Waals surface area (Å²) >= 11 is 0. The zero-order chi connectivity index (χ0) is 25.0. The van der Waals surface area contributed by atoms with Crippen LogP contribution in [0.5, 0.6) is 0 Å². The molecule has 1 heterocycles. The molecule has 1 unspecified atom stereocenters. The Hall–Kier alpha value is -3.66. The van der Waals surface area contributed by atoms with Gasteiger partial charge in [-0.1, -0.05) is 42.5 Å². The van der Waals surface area contributed by atoms with E-state index in [4.69, 9.17) is 0 Å². The molecule has 2 aromatic rings. The van der Waals surface area contributed by atoms with Crippen LogP contribution in [0, 0.1) is 0 Å². The Morgan fingerprint density at radius 1 is 1.11 bits per heavy atom. The normalized spacial score (nSPS) is 17.1. The molecule has 1 aliphatic carbocycles. The topological polar surface area (TPSA) is 116 Å². The van der Waals surface area contributed by atoms with Gasteiger partial charge in [0, 0.05) is 25.2 Å². The predicted molar refractivity (Wildman–Crippen MR) is 130 cm³/mol. The highest BCUT2D eigenvalue weighted by atomic mass is 32.2. The second-order valence-electron chi connectivity index (χ2n) is 8.56. The molecule has 0 fully saturated rings. The smallest absolute Gasteiger partial charge is 0.331 e. The molecule has 9 nitrogen and oxygen atoms in total. The van der Waals surface area contributed by atoms with Gasteiger partial charge in [0.05, 0.1) is 11.4 Å². The van der Waals surface area contributed by atoms with Crippen LogP contribution in [0.4, 0.5) is 9.59 Å². The van der Waals surface area contributed by atoms with E-state index in [0.717, 1.165) is 34.7 Å². The lowest BCUT2D eigenvalue weighted by atomic mass is 10.0. The fourth-order valence-electron chi connectivity index (χ4n) is 4.11. The van der Waals surface area contributed by atoms with Gasteiger partial charge in [-0.05, 0) is 55.0 Å². The van der Waals surface area contributed by atoms with Gasteiger partial charge in [-0.2, -0.15) is 0 Å². The molecule has 0 aromatic heterocycles. The minimum Gasteiger partial charge on any atom is -0.337 e. The van der Waals surface area contributed by atoms with Gasteiger partial charge in [0.2, 0.25) is 0 Å². The number of amides is 5. The number of allylic oxidation sites excluding steroid dienone is 1. The largest absolute Gasteiger partial charge is 0.337 e. The zero-order valence-corrected chi connectivity index (χ0v) is 20.3. The van der Waals surface area contributed by atoms with Gasteiger partial charge in [0.1, 0.15) is 0 Å². The van der Waals surface area contributed by atoms with E-state index in [1.165, 1.54) is 24.1 Å². The third-order valence-corrected chi connectivity index (χ3v) is 7.94. The molecule has 5 amide bonds. The van der Waals surface area contributed by atoms with Crippen LogP contribution in [0.3, 0.4) is 0 Å². The van der Waals surface area contributed by atoms with Crippen LogP contribution >= 0.6 is 0 Å². The average Bonchev–Trinajstić information content (AvgIpc) is 3.21. The lowest BCUT2D eigenvalue weighted by molar-refractivity contribution is 0.0821. The van der Waals surface area contributed by atoms with E-state index in [2.05, 4.69) is 10.6 Å². The molecule has 0 spiro atoms. The molecule has 0 saturated heterocycles. The third-order valence-electron chi connectivity index (χ3n) is 6.19. The number of urea groups is 2. The molecule has 1 aliphatic heterocycles. The summed E-state index contributed by atoms with van der Waals surface area (Å²) in [4.78, 5) is 38.5. The molecular formula is C25H28N4O5S. The molecule has 10 heteroatoms. The fraction of sp³-hybridized carbons (Fsp3) is 0.320. The Labute approximate surface area is 204 Å². The average molecular weight is 497 g/mol. The van der Waals surface area contributed by atoms with Gasteiger partial charge in [0.15, 0.2) is 0 Å². The number of hydrogen-bond donors (Lipinski definition) is 2. The molecule has 2 N–H and O–H groups in total. The molecule has 35 heavy (non-hydrogen) atoms. The Morgan fingerprint density at radius 2 is 1.86 bits per heavy atom. The number of carbonyl (C=O) groups is 3. The van der Waals surface area contributed by atoms with Crippen molar-refractivity contribution in [1.82, 2.24) is 19.8 Å². The second-order valence-corrected chi connectivity index (χ2v) is 10.5. The number of hydrogen-bond acceptors (Lipinski definition) is 5. The highest BCUT2D eigenvalue weighted by Crippen LogP contribution is 2.22. The number of rotatable bonds is 6. The Kier molecular flexibility index (Phi) is 7.20. The van der Waals surface area contributed by atoms with Crippen molar-refractivity contribution < 1.29 is 22.8 Å². The van der Waals surface area contributed by atoms with E-state index in [-0.39, 0.29) is 29.9 Å². The minimum atomic E-state index is -4.00. The number of sulfonamides is 1. The summed E-state index contributed by atoms with van der Waals surface area (Å²) in [5.74, 6) is -0.319. The van der Waals surface area contributed by atoms with E-state index in [0.29, 0.717) is 12.0 Å². The first-order valence-electron chi connectivity index (χ1n) is 11.5. The third kappa shape index (κ3) is 5.37. The lowest BCUT2D eigenvalue weighted by Crippen LogP contribution is -2.45. The van der Waals surface area contributed by atoms with Crippen LogP contribution < -0.4 is 10.6 Å². The quantitative estimate of drug-likeness (QED) is 0.597. The number of carbonyl (C=O) groups excluding carboxylic acids is 3. The van der Waals surface area contributed by atoms with Gasteiger partial charge >= 0.3 is 12.1 Å². The molecule has 184 valence electrons. The van der Waals surface area contributed by atoms with Crippen LogP contribution in [-0.4, -0.2) is 55.2 Å². The van der Waals surface area contributed by atoms with Crippen molar-refractivity contribution in [2.75, 3.05) is 13.6 Å². The molecule has 0 saturated carbocycles. The van der Waals surface area contributed by atoms with Crippen LogP contribution in [0.1, 0.15) is 40.7 Å². The minimum absolute atomic E-state index is 0.00236. The monoisotopic (exact) mass is 496 g/mol. The summed E-state index contributed by atoms with van der Waals surface area (Å²) in [5.41, 5.74) is 2.16. The highest BCUT2D eigenvalue weighted by molar-refractivity contribution is 7.89. The number of nitrogens with zero attached hydrogens (tertiary/aromatic N) is 2. The molecule has 0 radical (unpaired) electrons. The van der Waals surface area contributed by atoms with Crippen molar-refractivity contribution in [1.29, 1.82) is 0 Å². The van der Waals surface area contributed by atoms with Crippen LogP contribution in [-0.2, 0) is 23.0 Å². The molecule has 1 atom stereocenters. The first-order valence-corrected chi connectivity index (χ1v) is 12.9. The summed E-state index contributed by atoms with van der Waals surface area (Å²) in [6.07, 6.45) is 6.99. The van der Waals surface area contributed by atoms with Crippen LogP contribution in [0.15, 0.2) is 65.6 Å². The summed E-state index contributed by atoms with van der Waals surface area (Å²) in [7, 11) is -2.77. The van der Waals surface area contributed by atoms with E-state index >= 15 is 0 Å². The van der Waals surface area contributed by atoms with Crippen molar-refractivity contribution in [2.45, 2.75) is 43.2 Å². The number of nitrogens with one attached hydrogen (secondary N) is 2. The van der Waals surface area contributed by atoms with Gasteiger partial charge in [-0.15, -0.1) is 0 Å². The van der Waals surface area contributed by atoms with Crippen molar-refractivity contribution in [3.63, 3.8) is 0 Å². The number of fused-ring (bicyclic) bond motifs is 1. The summed E-state index contributed by atoms with van der Waals surface area (Å²) < 4.78 is 26.4. The Balaban J connectivity index is 1.29. The first kappa shape index (κ1) is 24.5. The van der Waals surface area contributed by atoms with Gasteiger partial charge in [-0.3, -0.25) is 9.69 Å². The van der Waals surface area contributed by atoms with Gasteiger partial charge < -0.3 is 10.6 Å². The maximum atomic E-state index is 12.9. The molecule has 2 aromatic carbocycles. The molecule has 0 bridgehead atoms. The predicted octanol–water partition coefficient (Wildman–Crippen LogP) is 3.03. The number of benzene rings is 2. The van der Waals surface area contributed by atoms with E-state index in [1.54, 1.807) is 24.3 Å². The Bertz CT molecular complexity index is 1260. The molecular weight excluding hydrogens is 468 g/mol. The van der Waals surface area contributed by atoms with Crippen molar-refractivity contribution in [2.24, 2.45) is 0 Å². The maximum Gasteiger partial charge on any atom is 0.331 e. The lowest BCUT2D eigenvalue weighted by Gasteiger charge is -2.23. The first-order chi connectivity index (χ1) is 16.8. The van der Waals surface area contributed by atoms with E-state index in [9.17, 15) is 22.8 Å².